The van der Waals surface area contributed by atoms with E-state index in [0.29, 0.717) is 19.8 Å². The monoisotopic (exact) mass is 371 g/mol. The molecule has 1 aliphatic heterocycles. The van der Waals surface area contributed by atoms with Crippen LogP contribution >= 0.6 is 0 Å². The Morgan fingerprint density at radius 2 is 1.74 bits per heavy atom. The molecule has 0 saturated carbocycles. The number of furan rings is 1. The summed E-state index contributed by atoms with van der Waals surface area (Å²) in [5.41, 5.74) is 1.31. The molecular weight excluding hydrogens is 342 g/mol. The molecule has 0 bridgehead atoms. The van der Waals surface area contributed by atoms with E-state index in [4.69, 9.17) is 13.9 Å². The number of nitrogens with one attached hydrogen (secondary N) is 2. The molecule has 2 N–H and O–H groups in total. The fourth-order valence-corrected chi connectivity index (χ4v) is 2.98. The zero-order valence-electron chi connectivity index (χ0n) is 15.9. The molecule has 0 spiro atoms. The number of rotatable bonds is 9. The summed E-state index contributed by atoms with van der Waals surface area (Å²) >= 11 is 0. The van der Waals surface area contributed by atoms with Gasteiger partial charge in [0.2, 0.25) is 0 Å². The number of guanidine groups is 1. The van der Waals surface area contributed by atoms with Crippen molar-refractivity contribution in [3.63, 3.8) is 0 Å². The predicted molar refractivity (Wildman–Crippen MR) is 106 cm³/mol. The Morgan fingerprint density at radius 1 is 1.00 bits per heavy atom. The van der Waals surface area contributed by atoms with Gasteiger partial charge in [-0.3, -0.25) is 4.99 Å². The minimum atomic E-state index is -0.507. The van der Waals surface area contributed by atoms with Crippen LogP contribution in [-0.4, -0.2) is 44.6 Å². The first-order chi connectivity index (χ1) is 13.2. The lowest BCUT2D eigenvalue weighted by Gasteiger charge is -2.21. The number of ether oxygens (including phenoxy) is 2. The van der Waals surface area contributed by atoms with Crippen molar-refractivity contribution in [3.05, 3.63) is 60.1 Å². The molecule has 0 unspecified atom stereocenters. The van der Waals surface area contributed by atoms with Gasteiger partial charge in [-0.05, 0) is 31.0 Å². The zero-order valence-corrected chi connectivity index (χ0v) is 15.9. The maximum atomic E-state index is 5.65. The van der Waals surface area contributed by atoms with Gasteiger partial charge in [-0.2, -0.15) is 0 Å². The molecule has 2 aromatic rings. The van der Waals surface area contributed by atoms with Crippen molar-refractivity contribution in [2.24, 2.45) is 4.99 Å². The molecular formula is C21H29N3O3. The number of nitrogens with zero attached hydrogens (tertiary/aromatic N) is 1. The minimum Gasteiger partial charge on any atom is -0.469 e. The summed E-state index contributed by atoms with van der Waals surface area (Å²) in [4.78, 5) is 4.69. The second kappa shape index (κ2) is 10.1. The van der Waals surface area contributed by atoms with Crippen molar-refractivity contribution < 1.29 is 13.9 Å². The average molecular weight is 371 g/mol. The van der Waals surface area contributed by atoms with Gasteiger partial charge in [0, 0.05) is 32.5 Å². The van der Waals surface area contributed by atoms with Gasteiger partial charge in [0.05, 0.1) is 19.5 Å². The lowest BCUT2D eigenvalue weighted by molar-refractivity contribution is -0.144. The lowest BCUT2D eigenvalue weighted by Crippen LogP contribution is -2.40. The fraction of sp³-hybridized carbons (Fsp3) is 0.476. The van der Waals surface area contributed by atoms with Gasteiger partial charge in [-0.25, -0.2) is 0 Å². The first-order valence-corrected chi connectivity index (χ1v) is 9.60. The van der Waals surface area contributed by atoms with Crippen LogP contribution in [0.2, 0.25) is 0 Å². The summed E-state index contributed by atoms with van der Waals surface area (Å²) in [5, 5.41) is 6.79. The molecule has 2 heterocycles. The van der Waals surface area contributed by atoms with Crippen LogP contribution in [0.3, 0.4) is 0 Å². The molecule has 0 radical (unpaired) electrons. The molecule has 3 rings (SSSR count). The summed E-state index contributed by atoms with van der Waals surface area (Å²) < 4.78 is 16.7. The second-order valence-corrected chi connectivity index (χ2v) is 6.73. The molecule has 0 aliphatic carbocycles. The Labute approximate surface area is 161 Å². The highest BCUT2D eigenvalue weighted by Gasteiger charge is 2.30. The SMILES string of the molecule is CC1(CCN=C(NCCc2ccccc2)NCCc2ccco2)OCCO1. The molecule has 1 aromatic carbocycles. The third kappa shape index (κ3) is 6.73. The van der Waals surface area contributed by atoms with Gasteiger partial charge in [0.15, 0.2) is 11.7 Å². The van der Waals surface area contributed by atoms with Crippen LogP contribution in [0.5, 0.6) is 0 Å². The fourth-order valence-electron chi connectivity index (χ4n) is 2.98. The number of hydrogen-bond donors (Lipinski definition) is 2. The quantitative estimate of drug-likeness (QED) is 0.524. The van der Waals surface area contributed by atoms with Gasteiger partial charge in [0.1, 0.15) is 5.76 Å². The van der Waals surface area contributed by atoms with E-state index < -0.39 is 5.79 Å². The Bertz CT molecular complexity index is 680. The molecule has 146 valence electrons. The number of hydrogen-bond acceptors (Lipinski definition) is 4. The second-order valence-electron chi connectivity index (χ2n) is 6.73. The largest absolute Gasteiger partial charge is 0.469 e. The molecule has 27 heavy (non-hydrogen) atoms. The van der Waals surface area contributed by atoms with Crippen LogP contribution in [0.15, 0.2) is 58.1 Å². The van der Waals surface area contributed by atoms with Crippen molar-refractivity contribution in [3.8, 4) is 0 Å². The highest BCUT2D eigenvalue weighted by atomic mass is 16.7. The molecule has 0 atom stereocenters. The summed E-state index contributed by atoms with van der Waals surface area (Å²) in [6, 6.07) is 14.3. The van der Waals surface area contributed by atoms with Crippen LogP contribution in [0, 0.1) is 0 Å². The maximum absolute atomic E-state index is 5.65. The van der Waals surface area contributed by atoms with E-state index in [1.807, 2.05) is 25.1 Å². The van der Waals surface area contributed by atoms with Crippen molar-refractivity contribution in [2.75, 3.05) is 32.8 Å². The van der Waals surface area contributed by atoms with Crippen LogP contribution < -0.4 is 10.6 Å². The van der Waals surface area contributed by atoms with E-state index in [-0.39, 0.29) is 0 Å². The van der Waals surface area contributed by atoms with E-state index >= 15 is 0 Å². The van der Waals surface area contributed by atoms with E-state index in [0.717, 1.165) is 44.1 Å². The van der Waals surface area contributed by atoms with E-state index in [1.54, 1.807) is 6.26 Å². The Balaban J connectivity index is 1.47. The summed E-state index contributed by atoms with van der Waals surface area (Å²) in [6.45, 7) is 5.50. The Kier molecular flexibility index (Phi) is 7.30. The summed E-state index contributed by atoms with van der Waals surface area (Å²) in [5.74, 6) is 1.26. The third-order valence-corrected chi connectivity index (χ3v) is 4.53. The first kappa shape index (κ1) is 19.5. The molecule has 6 nitrogen and oxygen atoms in total. The lowest BCUT2D eigenvalue weighted by atomic mass is 10.1. The Hall–Kier alpha value is -2.31. The smallest absolute Gasteiger partial charge is 0.191 e. The first-order valence-electron chi connectivity index (χ1n) is 9.60. The summed E-state index contributed by atoms with van der Waals surface area (Å²) in [6.07, 6.45) is 4.20. The van der Waals surface area contributed by atoms with E-state index in [9.17, 15) is 0 Å². The van der Waals surface area contributed by atoms with Gasteiger partial charge >= 0.3 is 0 Å². The standard InChI is InChI=1S/C21H29N3O3/c1-21(26-16-17-27-21)11-14-24-20(23-13-10-19-8-5-15-25-19)22-12-9-18-6-3-2-4-7-18/h2-8,15H,9-14,16-17H2,1H3,(H2,22,23,24). The third-order valence-electron chi connectivity index (χ3n) is 4.53. The van der Waals surface area contributed by atoms with Crippen LogP contribution in [0.4, 0.5) is 0 Å². The van der Waals surface area contributed by atoms with Crippen molar-refractivity contribution in [2.45, 2.75) is 32.0 Å². The highest BCUT2D eigenvalue weighted by Crippen LogP contribution is 2.22. The molecule has 1 aromatic heterocycles. The van der Waals surface area contributed by atoms with Crippen molar-refractivity contribution in [1.82, 2.24) is 10.6 Å². The van der Waals surface area contributed by atoms with Gasteiger partial charge in [-0.1, -0.05) is 30.3 Å². The highest BCUT2D eigenvalue weighted by molar-refractivity contribution is 5.79. The van der Waals surface area contributed by atoms with Gasteiger partial charge < -0.3 is 24.5 Å². The number of benzene rings is 1. The number of aliphatic imine (C=N–C) groups is 1. The maximum Gasteiger partial charge on any atom is 0.191 e. The van der Waals surface area contributed by atoms with Crippen LogP contribution in [-0.2, 0) is 22.3 Å². The van der Waals surface area contributed by atoms with Crippen LogP contribution in [0.1, 0.15) is 24.7 Å². The molecule has 6 heteroatoms. The average Bonchev–Trinajstić information content (AvgIpc) is 3.34. The topological polar surface area (TPSA) is 68.0 Å². The molecule has 1 fully saturated rings. The molecule has 0 amide bonds. The van der Waals surface area contributed by atoms with Crippen LogP contribution in [0.25, 0.3) is 0 Å². The Morgan fingerprint density at radius 3 is 2.44 bits per heavy atom. The van der Waals surface area contributed by atoms with Crippen molar-refractivity contribution in [1.29, 1.82) is 0 Å². The van der Waals surface area contributed by atoms with Gasteiger partial charge in [-0.15, -0.1) is 0 Å². The zero-order chi connectivity index (χ0) is 18.8. The molecule has 1 aliphatic rings. The van der Waals surface area contributed by atoms with Gasteiger partial charge in [0.25, 0.3) is 0 Å². The van der Waals surface area contributed by atoms with E-state index in [2.05, 4.69) is 39.9 Å². The molecule has 1 saturated heterocycles. The van der Waals surface area contributed by atoms with Crippen molar-refractivity contribution >= 4 is 5.96 Å². The normalized spacial score (nSPS) is 16.4. The van der Waals surface area contributed by atoms with E-state index in [1.165, 1.54) is 5.56 Å². The summed E-state index contributed by atoms with van der Waals surface area (Å²) in [7, 11) is 0. The predicted octanol–water partition coefficient (Wildman–Crippen LogP) is 2.75. The minimum absolute atomic E-state index is 0.507.